The van der Waals surface area contributed by atoms with Crippen LogP contribution in [0.15, 0.2) is 30.3 Å². The van der Waals surface area contributed by atoms with Crippen molar-refractivity contribution in [2.75, 3.05) is 5.75 Å². The molecule has 0 spiro atoms. The first-order chi connectivity index (χ1) is 7.90. The van der Waals surface area contributed by atoms with Crippen LogP contribution in [0.3, 0.4) is 0 Å². The zero-order valence-corrected chi connectivity index (χ0v) is 9.29. The molecule has 1 aromatic rings. The number of para-hydroxylation sites is 1. The summed E-state index contributed by atoms with van der Waals surface area (Å²) in [5.41, 5.74) is -4.12. The van der Waals surface area contributed by atoms with E-state index in [4.69, 9.17) is 0 Å². The summed E-state index contributed by atoms with van der Waals surface area (Å²) in [5.74, 6) is -0.268. The minimum absolute atomic E-state index is 0.124. The van der Waals surface area contributed by atoms with Gasteiger partial charge in [-0.1, -0.05) is 24.3 Å². The van der Waals surface area contributed by atoms with Gasteiger partial charge in [-0.25, -0.2) is 0 Å². The molecule has 1 aromatic carbocycles. The fraction of sp³-hybridized carbons (Fsp3) is 0.200. The SMILES string of the molecule is O=[N+]([O-])c1ccccc1/C=C/CSC(F)(F)F. The van der Waals surface area contributed by atoms with Gasteiger partial charge in [-0.05, 0) is 17.8 Å². The Balaban J connectivity index is 2.68. The van der Waals surface area contributed by atoms with Gasteiger partial charge in [0.2, 0.25) is 0 Å². The van der Waals surface area contributed by atoms with Crippen molar-refractivity contribution in [2.45, 2.75) is 5.51 Å². The van der Waals surface area contributed by atoms with E-state index in [2.05, 4.69) is 0 Å². The summed E-state index contributed by atoms with van der Waals surface area (Å²) < 4.78 is 35.4. The highest BCUT2D eigenvalue weighted by Gasteiger charge is 2.26. The minimum atomic E-state index is -4.28. The maximum Gasteiger partial charge on any atom is 0.442 e. The number of hydrogen-bond acceptors (Lipinski definition) is 3. The molecule has 0 aliphatic carbocycles. The number of alkyl halides is 3. The van der Waals surface area contributed by atoms with Gasteiger partial charge < -0.3 is 0 Å². The molecule has 0 fully saturated rings. The van der Waals surface area contributed by atoms with Crippen molar-refractivity contribution >= 4 is 23.5 Å². The van der Waals surface area contributed by atoms with E-state index in [-0.39, 0.29) is 23.2 Å². The molecule has 17 heavy (non-hydrogen) atoms. The fourth-order valence-corrected chi connectivity index (χ4v) is 1.49. The highest BCUT2D eigenvalue weighted by Crippen LogP contribution is 2.30. The Kier molecular flexibility index (Phi) is 4.56. The quantitative estimate of drug-likeness (QED) is 0.612. The minimum Gasteiger partial charge on any atom is -0.258 e. The second kappa shape index (κ2) is 5.72. The third-order valence-corrected chi connectivity index (χ3v) is 2.46. The fourth-order valence-electron chi connectivity index (χ4n) is 1.11. The average Bonchev–Trinajstić information content (AvgIpc) is 2.23. The number of nitro groups is 1. The topological polar surface area (TPSA) is 43.1 Å². The molecule has 7 heteroatoms. The lowest BCUT2D eigenvalue weighted by Gasteiger charge is -2.01. The van der Waals surface area contributed by atoms with E-state index in [1.165, 1.54) is 30.4 Å². The molecule has 0 bridgehead atoms. The standard InChI is InChI=1S/C10H8F3NO2S/c11-10(12,13)17-7-3-5-8-4-1-2-6-9(8)14(15)16/h1-6H,7H2/b5-3+. The Labute approximate surface area is 99.5 Å². The van der Waals surface area contributed by atoms with Crippen molar-refractivity contribution < 1.29 is 18.1 Å². The molecule has 0 N–H and O–H groups in total. The summed E-state index contributed by atoms with van der Waals surface area (Å²) in [6, 6.07) is 5.87. The Morgan fingerprint density at radius 2 is 2.00 bits per heavy atom. The lowest BCUT2D eigenvalue weighted by Crippen LogP contribution is -1.99. The Morgan fingerprint density at radius 1 is 1.35 bits per heavy atom. The largest absolute Gasteiger partial charge is 0.442 e. The van der Waals surface area contributed by atoms with Crippen LogP contribution in [-0.4, -0.2) is 16.2 Å². The average molecular weight is 263 g/mol. The van der Waals surface area contributed by atoms with E-state index in [9.17, 15) is 23.3 Å². The lowest BCUT2D eigenvalue weighted by atomic mass is 10.2. The van der Waals surface area contributed by atoms with Crippen LogP contribution in [-0.2, 0) is 0 Å². The van der Waals surface area contributed by atoms with Gasteiger partial charge in [0.1, 0.15) is 0 Å². The van der Waals surface area contributed by atoms with Gasteiger partial charge in [0, 0.05) is 11.8 Å². The predicted molar refractivity (Wildman–Crippen MR) is 60.6 cm³/mol. The van der Waals surface area contributed by atoms with Crippen LogP contribution in [0.2, 0.25) is 0 Å². The van der Waals surface area contributed by atoms with Gasteiger partial charge in [0.05, 0.1) is 10.5 Å². The van der Waals surface area contributed by atoms with Crippen molar-refractivity contribution in [1.29, 1.82) is 0 Å². The smallest absolute Gasteiger partial charge is 0.258 e. The predicted octanol–water partition coefficient (Wildman–Crippen LogP) is 3.86. The van der Waals surface area contributed by atoms with E-state index >= 15 is 0 Å². The molecular weight excluding hydrogens is 255 g/mol. The van der Waals surface area contributed by atoms with Gasteiger partial charge in [0.25, 0.3) is 5.69 Å². The summed E-state index contributed by atoms with van der Waals surface area (Å²) in [6.07, 6.45) is 2.57. The zero-order valence-electron chi connectivity index (χ0n) is 8.48. The number of thioether (sulfide) groups is 1. The van der Waals surface area contributed by atoms with E-state index in [1.807, 2.05) is 0 Å². The molecule has 0 aliphatic rings. The molecule has 0 aromatic heterocycles. The summed E-state index contributed by atoms with van der Waals surface area (Å²) in [5, 5.41) is 10.6. The Morgan fingerprint density at radius 3 is 2.59 bits per heavy atom. The molecule has 0 heterocycles. The lowest BCUT2D eigenvalue weighted by molar-refractivity contribution is -0.385. The maximum atomic E-state index is 11.8. The van der Waals surface area contributed by atoms with Crippen LogP contribution in [0.25, 0.3) is 6.08 Å². The molecule has 0 radical (unpaired) electrons. The van der Waals surface area contributed by atoms with Crippen LogP contribution in [0.1, 0.15) is 5.56 Å². The van der Waals surface area contributed by atoms with Gasteiger partial charge >= 0.3 is 5.51 Å². The zero-order chi connectivity index (χ0) is 12.9. The molecule has 0 atom stereocenters. The van der Waals surface area contributed by atoms with Crippen LogP contribution in [0.5, 0.6) is 0 Å². The van der Waals surface area contributed by atoms with Gasteiger partial charge in [-0.2, -0.15) is 13.2 Å². The summed E-state index contributed by atoms with van der Waals surface area (Å²) in [7, 11) is 0. The normalized spacial score (nSPS) is 11.9. The molecule has 3 nitrogen and oxygen atoms in total. The number of nitro benzene ring substituents is 1. The first kappa shape index (κ1) is 13.6. The van der Waals surface area contributed by atoms with Crippen LogP contribution < -0.4 is 0 Å². The van der Waals surface area contributed by atoms with Crippen molar-refractivity contribution in [2.24, 2.45) is 0 Å². The number of halogens is 3. The maximum absolute atomic E-state index is 11.8. The van der Waals surface area contributed by atoms with Crippen molar-refractivity contribution in [3.05, 3.63) is 46.0 Å². The van der Waals surface area contributed by atoms with E-state index in [0.29, 0.717) is 5.56 Å². The first-order valence-electron chi connectivity index (χ1n) is 4.51. The second-order valence-corrected chi connectivity index (χ2v) is 4.06. The Hall–Kier alpha value is -1.50. The summed E-state index contributed by atoms with van der Waals surface area (Å²) in [4.78, 5) is 10.0. The highest BCUT2D eigenvalue weighted by molar-refractivity contribution is 8.00. The van der Waals surface area contributed by atoms with Gasteiger partial charge in [0.15, 0.2) is 0 Å². The van der Waals surface area contributed by atoms with Crippen molar-refractivity contribution in [3.63, 3.8) is 0 Å². The van der Waals surface area contributed by atoms with Crippen molar-refractivity contribution in [3.8, 4) is 0 Å². The third kappa shape index (κ3) is 4.90. The van der Waals surface area contributed by atoms with Crippen molar-refractivity contribution in [1.82, 2.24) is 0 Å². The molecule has 0 saturated carbocycles. The van der Waals surface area contributed by atoms with Gasteiger partial charge in [-0.3, -0.25) is 10.1 Å². The van der Waals surface area contributed by atoms with Crippen LogP contribution in [0.4, 0.5) is 18.9 Å². The molecule has 0 amide bonds. The molecule has 92 valence electrons. The number of hydrogen-bond donors (Lipinski definition) is 0. The summed E-state index contributed by atoms with van der Waals surface area (Å²) >= 11 is -0.190. The number of rotatable bonds is 4. The number of nitrogens with zero attached hydrogens (tertiary/aromatic N) is 1. The van der Waals surface area contributed by atoms with Crippen LogP contribution in [0, 0.1) is 10.1 Å². The van der Waals surface area contributed by atoms with E-state index < -0.39 is 10.4 Å². The van der Waals surface area contributed by atoms with Gasteiger partial charge in [-0.15, -0.1) is 0 Å². The summed E-state index contributed by atoms with van der Waals surface area (Å²) in [6.45, 7) is 0. The third-order valence-electron chi connectivity index (χ3n) is 1.77. The molecule has 0 aliphatic heterocycles. The molecule has 0 saturated heterocycles. The van der Waals surface area contributed by atoms with E-state index in [0.717, 1.165) is 0 Å². The Bertz CT molecular complexity index is 432. The van der Waals surface area contributed by atoms with E-state index in [1.54, 1.807) is 6.07 Å². The molecular formula is C10H8F3NO2S. The molecule has 1 rings (SSSR count). The second-order valence-electron chi connectivity index (χ2n) is 2.98. The van der Waals surface area contributed by atoms with Crippen LogP contribution >= 0.6 is 11.8 Å². The highest BCUT2D eigenvalue weighted by atomic mass is 32.2. The first-order valence-corrected chi connectivity index (χ1v) is 5.49. The molecule has 0 unspecified atom stereocenters. The monoisotopic (exact) mass is 263 g/mol. The number of benzene rings is 1.